The van der Waals surface area contributed by atoms with Crippen molar-refractivity contribution in [1.29, 1.82) is 0 Å². The fraction of sp³-hybridized carbons (Fsp3) is 0.857. The van der Waals surface area contributed by atoms with Crippen molar-refractivity contribution in [3.8, 4) is 0 Å². The van der Waals surface area contributed by atoms with E-state index in [1.807, 2.05) is 20.8 Å². The zero-order valence-electron chi connectivity index (χ0n) is 12.3. The van der Waals surface area contributed by atoms with Gasteiger partial charge in [-0.2, -0.15) is 0 Å². The van der Waals surface area contributed by atoms with Crippen LogP contribution in [0.5, 0.6) is 0 Å². The van der Waals surface area contributed by atoms with Gasteiger partial charge in [0.05, 0.1) is 6.42 Å². The first kappa shape index (κ1) is 16.0. The van der Waals surface area contributed by atoms with Crippen LogP contribution >= 0.6 is 0 Å². The molecule has 0 aromatic carbocycles. The summed E-state index contributed by atoms with van der Waals surface area (Å²) in [5.41, 5.74) is -0.257. The first-order valence-corrected chi connectivity index (χ1v) is 6.95. The van der Waals surface area contributed by atoms with Gasteiger partial charge in [0.15, 0.2) is 0 Å². The highest BCUT2D eigenvalue weighted by Crippen LogP contribution is 2.24. The lowest BCUT2D eigenvalue weighted by atomic mass is 9.83. The number of hydrogen-bond acceptors (Lipinski definition) is 3. The fourth-order valence-electron chi connectivity index (χ4n) is 2.41. The van der Waals surface area contributed by atoms with Crippen molar-refractivity contribution in [2.75, 3.05) is 6.54 Å². The molecule has 1 aliphatic heterocycles. The van der Waals surface area contributed by atoms with Crippen LogP contribution in [-0.2, 0) is 9.59 Å². The molecular formula is C14H26N2O3. The third-order valence-electron chi connectivity index (χ3n) is 3.74. The molecule has 5 nitrogen and oxygen atoms in total. The number of carboxylic acids is 1. The SMILES string of the molecule is CC1CC(C(=O)NC(CC(=O)O)C(C)(C)C)CCN1. The Hall–Kier alpha value is -1.10. The van der Waals surface area contributed by atoms with Gasteiger partial charge in [0.2, 0.25) is 5.91 Å². The minimum Gasteiger partial charge on any atom is -0.481 e. The highest BCUT2D eigenvalue weighted by molar-refractivity contribution is 5.80. The van der Waals surface area contributed by atoms with Crippen molar-refractivity contribution in [3.63, 3.8) is 0 Å². The van der Waals surface area contributed by atoms with Gasteiger partial charge in [-0.05, 0) is 31.7 Å². The van der Waals surface area contributed by atoms with Gasteiger partial charge in [0, 0.05) is 18.0 Å². The first-order valence-electron chi connectivity index (χ1n) is 6.95. The summed E-state index contributed by atoms with van der Waals surface area (Å²) in [5, 5.41) is 15.2. The lowest BCUT2D eigenvalue weighted by Gasteiger charge is -2.33. The molecule has 1 fully saturated rings. The summed E-state index contributed by atoms with van der Waals surface area (Å²) in [7, 11) is 0. The zero-order chi connectivity index (χ0) is 14.6. The van der Waals surface area contributed by atoms with E-state index in [0.717, 1.165) is 19.4 Å². The second-order valence-corrected chi connectivity index (χ2v) is 6.60. The van der Waals surface area contributed by atoms with Crippen LogP contribution in [0, 0.1) is 11.3 Å². The van der Waals surface area contributed by atoms with Crippen molar-refractivity contribution < 1.29 is 14.7 Å². The molecule has 19 heavy (non-hydrogen) atoms. The van der Waals surface area contributed by atoms with Crippen LogP contribution < -0.4 is 10.6 Å². The molecule has 0 aromatic heterocycles. The van der Waals surface area contributed by atoms with Crippen LogP contribution in [0.15, 0.2) is 0 Å². The van der Waals surface area contributed by atoms with Crippen molar-refractivity contribution in [1.82, 2.24) is 10.6 Å². The Morgan fingerprint density at radius 2 is 2.05 bits per heavy atom. The first-order chi connectivity index (χ1) is 8.70. The summed E-state index contributed by atoms with van der Waals surface area (Å²) in [6.07, 6.45) is 1.60. The highest BCUT2D eigenvalue weighted by Gasteiger charge is 2.32. The van der Waals surface area contributed by atoms with Crippen LogP contribution in [0.1, 0.15) is 47.0 Å². The normalized spacial score (nSPS) is 25.7. The lowest BCUT2D eigenvalue weighted by Crippen LogP contribution is -2.49. The quantitative estimate of drug-likeness (QED) is 0.721. The number of nitrogens with one attached hydrogen (secondary N) is 2. The smallest absolute Gasteiger partial charge is 0.305 e. The molecular weight excluding hydrogens is 244 g/mol. The molecule has 110 valence electrons. The van der Waals surface area contributed by atoms with Gasteiger partial charge in [0.1, 0.15) is 0 Å². The van der Waals surface area contributed by atoms with Crippen molar-refractivity contribution in [2.45, 2.75) is 59.0 Å². The van der Waals surface area contributed by atoms with Crippen molar-refractivity contribution in [2.24, 2.45) is 11.3 Å². The van der Waals surface area contributed by atoms with E-state index in [0.29, 0.717) is 6.04 Å². The molecule has 0 saturated carbocycles. The Kier molecular flexibility index (Phi) is 5.35. The average molecular weight is 270 g/mol. The summed E-state index contributed by atoms with van der Waals surface area (Å²) < 4.78 is 0. The Balaban J connectivity index is 2.62. The van der Waals surface area contributed by atoms with E-state index in [4.69, 9.17) is 5.11 Å². The van der Waals surface area contributed by atoms with Gasteiger partial charge in [-0.3, -0.25) is 9.59 Å². The summed E-state index contributed by atoms with van der Waals surface area (Å²) in [6, 6.07) is 0.0137. The summed E-state index contributed by atoms with van der Waals surface area (Å²) >= 11 is 0. The second kappa shape index (κ2) is 6.37. The molecule has 0 spiro atoms. The number of rotatable bonds is 4. The largest absolute Gasteiger partial charge is 0.481 e. The van der Waals surface area contributed by atoms with Crippen molar-refractivity contribution >= 4 is 11.9 Å². The van der Waals surface area contributed by atoms with E-state index < -0.39 is 5.97 Å². The maximum Gasteiger partial charge on any atom is 0.305 e. The Bertz CT molecular complexity index is 336. The molecule has 1 heterocycles. The number of carboxylic acid groups (broad SMARTS) is 1. The van der Waals surface area contributed by atoms with Crippen LogP contribution in [0.2, 0.25) is 0 Å². The molecule has 3 unspecified atom stereocenters. The number of hydrogen-bond donors (Lipinski definition) is 3. The third kappa shape index (κ3) is 5.19. The number of piperidine rings is 1. The highest BCUT2D eigenvalue weighted by atomic mass is 16.4. The summed E-state index contributed by atoms with van der Waals surface area (Å²) in [5.74, 6) is -0.886. The van der Waals surface area contributed by atoms with Crippen LogP contribution in [0.25, 0.3) is 0 Å². The van der Waals surface area contributed by atoms with E-state index >= 15 is 0 Å². The minimum absolute atomic E-state index is 0.00473. The summed E-state index contributed by atoms with van der Waals surface area (Å²) in [4.78, 5) is 23.2. The topological polar surface area (TPSA) is 78.4 Å². The molecule has 3 atom stereocenters. The molecule has 0 aromatic rings. The summed E-state index contributed by atoms with van der Waals surface area (Å²) in [6.45, 7) is 8.76. The monoisotopic (exact) mass is 270 g/mol. The molecule has 0 bridgehead atoms. The molecule has 0 radical (unpaired) electrons. The van der Waals surface area contributed by atoms with Crippen LogP contribution in [0.4, 0.5) is 0 Å². The molecule has 1 aliphatic rings. The van der Waals surface area contributed by atoms with E-state index in [2.05, 4.69) is 17.6 Å². The van der Waals surface area contributed by atoms with E-state index in [1.54, 1.807) is 0 Å². The van der Waals surface area contributed by atoms with Crippen molar-refractivity contribution in [3.05, 3.63) is 0 Å². The van der Waals surface area contributed by atoms with Gasteiger partial charge in [-0.1, -0.05) is 20.8 Å². The molecule has 1 amide bonds. The van der Waals surface area contributed by atoms with Gasteiger partial charge < -0.3 is 15.7 Å². The van der Waals surface area contributed by atoms with E-state index in [9.17, 15) is 9.59 Å². The van der Waals surface area contributed by atoms with E-state index in [-0.39, 0.29) is 29.7 Å². The average Bonchev–Trinajstić information content (AvgIpc) is 2.26. The number of aliphatic carboxylic acids is 1. The van der Waals surface area contributed by atoms with Gasteiger partial charge in [-0.25, -0.2) is 0 Å². The molecule has 3 N–H and O–H groups in total. The lowest BCUT2D eigenvalue weighted by molar-refractivity contribution is -0.138. The third-order valence-corrected chi connectivity index (χ3v) is 3.74. The van der Waals surface area contributed by atoms with E-state index in [1.165, 1.54) is 0 Å². The van der Waals surface area contributed by atoms with Gasteiger partial charge in [-0.15, -0.1) is 0 Å². The predicted octanol–water partition coefficient (Wildman–Crippen LogP) is 1.38. The zero-order valence-corrected chi connectivity index (χ0v) is 12.3. The Labute approximate surface area is 115 Å². The number of carbonyl (C=O) groups is 2. The Morgan fingerprint density at radius 1 is 1.42 bits per heavy atom. The van der Waals surface area contributed by atoms with Gasteiger partial charge >= 0.3 is 5.97 Å². The minimum atomic E-state index is -0.876. The second-order valence-electron chi connectivity index (χ2n) is 6.60. The maximum absolute atomic E-state index is 12.3. The maximum atomic E-state index is 12.3. The molecule has 0 aliphatic carbocycles. The molecule has 1 saturated heterocycles. The number of amides is 1. The standard InChI is InChI=1S/C14H26N2O3/c1-9-7-10(5-6-15-9)13(19)16-11(8-12(17)18)14(2,3)4/h9-11,15H,5-8H2,1-4H3,(H,16,19)(H,17,18). The van der Waals surface area contributed by atoms with Crippen LogP contribution in [0.3, 0.4) is 0 Å². The fourth-order valence-corrected chi connectivity index (χ4v) is 2.41. The van der Waals surface area contributed by atoms with Gasteiger partial charge in [0.25, 0.3) is 0 Å². The van der Waals surface area contributed by atoms with Crippen LogP contribution in [-0.4, -0.2) is 35.6 Å². The molecule has 5 heteroatoms. The predicted molar refractivity (Wildman–Crippen MR) is 73.8 cm³/mol. The Morgan fingerprint density at radius 3 is 2.53 bits per heavy atom. The molecule has 1 rings (SSSR count). The number of carbonyl (C=O) groups excluding carboxylic acids is 1.